The van der Waals surface area contributed by atoms with Crippen LogP contribution in [-0.2, 0) is 16.1 Å². The van der Waals surface area contributed by atoms with Gasteiger partial charge in [0.2, 0.25) is 5.13 Å². The third kappa shape index (κ3) is 3.40. The number of aromatic nitrogens is 2. The highest BCUT2D eigenvalue weighted by Crippen LogP contribution is 2.17. The first-order valence-corrected chi connectivity index (χ1v) is 5.89. The molecule has 1 aliphatic rings. The van der Waals surface area contributed by atoms with Crippen molar-refractivity contribution in [2.45, 2.75) is 19.4 Å². The number of nitrogens with zero attached hydrogens (tertiary/aromatic N) is 2. The maximum Gasteiger partial charge on any atom is 0.203 e. The van der Waals surface area contributed by atoms with Crippen LogP contribution in [0.1, 0.15) is 17.8 Å². The normalized spacial score (nSPS) is 18.1. The molecule has 0 spiro atoms. The Kier molecular flexibility index (Phi) is 3.87. The van der Waals surface area contributed by atoms with Crippen molar-refractivity contribution in [3.8, 4) is 0 Å². The lowest BCUT2D eigenvalue weighted by Gasteiger charge is -2.21. The maximum atomic E-state index is 5.57. The minimum absolute atomic E-state index is 0.500. The number of ether oxygens (including phenoxy) is 2. The average Bonchev–Trinajstić information content (AvgIpc) is 2.66. The molecule has 2 rings (SSSR count). The largest absolute Gasteiger partial charge is 0.381 e. The van der Waals surface area contributed by atoms with Crippen molar-refractivity contribution in [2.75, 3.05) is 25.6 Å². The van der Waals surface area contributed by atoms with E-state index < -0.39 is 0 Å². The molecule has 2 N–H and O–H groups in total. The molecule has 0 bridgehead atoms. The third-order valence-electron chi connectivity index (χ3n) is 2.40. The fraction of sp³-hybridized carbons (Fsp3) is 0.778. The molecule has 0 aromatic carbocycles. The minimum Gasteiger partial charge on any atom is -0.381 e. The van der Waals surface area contributed by atoms with Gasteiger partial charge in [-0.15, -0.1) is 10.2 Å². The van der Waals surface area contributed by atoms with Gasteiger partial charge in [-0.3, -0.25) is 0 Å². The molecular formula is C9H15N3O2S. The Morgan fingerprint density at radius 2 is 2.20 bits per heavy atom. The molecule has 0 radical (unpaired) electrons. The number of anilines is 1. The van der Waals surface area contributed by atoms with Crippen LogP contribution in [-0.4, -0.2) is 30.0 Å². The first-order valence-electron chi connectivity index (χ1n) is 5.08. The second-order valence-corrected chi connectivity index (χ2v) is 4.70. The summed E-state index contributed by atoms with van der Waals surface area (Å²) in [5.74, 6) is 0.629. The summed E-state index contributed by atoms with van der Waals surface area (Å²) in [6, 6.07) is 0. The lowest BCUT2D eigenvalue weighted by Crippen LogP contribution is -2.20. The lowest BCUT2D eigenvalue weighted by molar-refractivity contribution is 0.0156. The van der Waals surface area contributed by atoms with E-state index in [4.69, 9.17) is 15.2 Å². The summed E-state index contributed by atoms with van der Waals surface area (Å²) < 4.78 is 10.8. The molecule has 0 amide bonds. The van der Waals surface area contributed by atoms with Gasteiger partial charge in [0.25, 0.3) is 0 Å². The highest BCUT2D eigenvalue weighted by Gasteiger charge is 2.14. The van der Waals surface area contributed by atoms with Gasteiger partial charge in [-0.25, -0.2) is 0 Å². The van der Waals surface area contributed by atoms with Gasteiger partial charge < -0.3 is 15.2 Å². The van der Waals surface area contributed by atoms with Crippen molar-refractivity contribution in [3.63, 3.8) is 0 Å². The molecular weight excluding hydrogens is 214 g/mol. The zero-order valence-corrected chi connectivity index (χ0v) is 9.33. The predicted octanol–water partition coefficient (Wildman–Crippen LogP) is 1.06. The van der Waals surface area contributed by atoms with Crippen molar-refractivity contribution >= 4 is 16.5 Å². The minimum atomic E-state index is 0.500. The van der Waals surface area contributed by atoms with Crippen molar-refractivity contribution in [2.24, 2.45) is 5.92 Å². The van der Waals surface area contributed by atoms with Crippen molar-refractivity contribution in [3.05, 3.63) is 5.01 Å². The van der Waals surface area contributed by atoms with Crippen LogP contribution in [0.25, 0.3) is 0 Å². The molecule has 5 nitrogen and oxygen atoms in total. The molecule has 1 fully saturated rings. The number of nitrogens with two attached hydrogens (primary N) is 1. The number of rotatable bonds is 4. The molecule has 2 heterocycles. The van der Waals surface area contributed by atoms with Crippen molar-refractivity contribution < 1.29 is 9.47 Å². The van der Waals surface area contributed by atoms with Crippen LogP contribution in [0.3, 0.4) is 0 Å². The van der Waals surface area contributed by atoms with Crippen LogP contribution in [0.15, 0.2) is 0 Å². The zero-order chi connectivity index (χ0) is 10.5. The van der Waals surface area contributed by atoms with E-state index in [9.17, 15) is 0 Å². The monoisotopic (exact) mass is 229 g/mol. The Hall–Kier alpha value is -0.720. The second kappa shape index (κ2) is 5.39. The molecule has 0 unspecified atom stereocenters. The average molecular weight is 229 g/mol. The Balaban J connectivity index is 1.65. The molecule has 1 aliphatic heterocycles. The lowest BCUT2D eigenvalue weighted by atomic mass is 10.0. The Bertz CT molecular complexity index is 299. The van der Waals surface area contributed by atoms with Crippen LogP contribution < -0.4 is 5.73 Å². The highest BCUT2D eigenvalue weighted by atomic mass is 32.1. The zero-order valence-electron chi connectivity index (χ0n) is 8.52. The summed E-state index contributed by atoms with van der Waals surface area (Å²) in [4.78, 5) is 0. The Labute approximate surface area is 92.6 Å². The molecule has 15 heavy (non-hydrogen) atoms. The van der Waals surface area contributed by atoms with Gasteiger partial charge in [0.05, 0.1) is 6.61 Å². The third-order valence-corrected chi connectivity index (χ3v) is 3.13. The maximum absolute atomic E-state index is 5.57. The van der Waals surface area contributed by atoms with E-state index in [0.717, 1.165) is 37.7 Å². The Morgan fingerprint density at radius 3 is 2.87 bits per heavy atom. The fourth-order valence-corrected chi connectivity index (χ4v) is 2.10. The second-order valence-electron chi connectivity index (χ2n) is 3.60. The van der Waals surface area contributed by atoms with Gasteiger partial charge in [-0.05, 0) is 18.8 Å². The molecule has 6 heteroatoms. The van der Waals surface area contributed by atoms with E-state index in [0.29, 0.717) is 17.7 Å². The number of nitrogen functional groups attached to an aromatic ring is 1. The van der Waals surface area contributed by atoms with Crippen molar-refractivity contribution in [1.82, 2.24) is 10.2 Å². The molecule has 0 atom stereocenters. The van der Waals surface area contributed by atoms with Crippen LogP contribution in [0.2, 0.25) is 0 Å². The van der Waals surface area contributed by atoms with Gasteiger partial charge >= 0.3 is 0 Å². The summed E-state index contributed by atoms with van der Waals surface area (Å²) in [6.45, 7) is 3.02. The topological polar surface area (TPSA) is 70.3 Å². The highest BCUT2D eigenvalue weighted by molar-refractivity contribution is 7.15. The van der Waals surface area contributed by atoms with E-state index in [1.165, 1.54) is 11.3 Å². The SMILES string of the molecule is Nc1nnc(COCC2CCOCC2)s1. The first-order chi connectivity index (χ1) is 7.34. The quantitative estimate of drug-likeness (QED) is 0.836. The van der Waals surface area contributed by atoms with Gasteiger partial charge in [0.15, 0.2) is 0 Å². The van der Waals surface area contributed by atoms with Crippen molar-refractivity contribution in [1.29, 1.82) is 0 Å². The molecule has 0 aliphatic carbocycles. The van der Waals surface area contributed by atoms with E-state index in [1.54, 1.807) is 0 Å². The van der Waals surface area contributed by atoms with Gasteiger partial charge in [0.1, 0.15) is 11.6 Å². The van der Waals surface area contributed by atoms with E-state index in [-0.39, 0.29) is 0 Å². The molecule has 1 aromatic rings. The van der Waals surface area contributed by atoms with Gasteiger partial charge in [-0.2, -0.15) is 0 Å². The van der Waals surface area contributed by atoms with Crippen LogP contribution in [0.5, 0.6) is 0 Å². The summed E-state index contributed by atoms with van der Waals surface area (Å²) in [6.07, 6.45) is 2.19. The predicted molar refractivity (Wildman–Crippen MR) is 57.5 cm³/mol. The Morgan fingerprint density at radius 1 is 1.40 bits per heavy atom. The molecule has 1 saturated heterocycles. The van der Waals surface area contributed by atoms with Crippen LogP contribution >= 0.6 is 11.3 Å². The summed E-state index contributed by atoms with van der Waals surface area (Å²) >= 11 is 1.38. The number of hydrogen-bond donors (Lipinski definition) is 1. The van der Waals surface area contributed by atoms with E-state index in [1.807, 2.05) is 0 Å². The molecule has 0 saturated carbocycles. The van der Waals surface area contributed by atoms with E-state index >= 15 is 0 Å². The molecule has 84 valence electrons. The number of hydrogen-bond acceptors (Lipinski definition) is 6. The van der Waals surface area contributed by atoms with E-state index in [2.05, 4.69) is 10.2 Å². The fourth-order valence-electron chi connectivity index (χ4n) is 1.55. The first kappa shape index (κ1) is 10.8. The van der Waals surface area contributed by atoms with Crippen LogP contribution in [0.4, 0.5) is 5.13 Å². The summed E-state index contributed by atoms with van der Waals surface area (Å²) in [5, 5.41) is 8.97. The molecule has 1 aromatic heterocycles. The summed E-state index contributed by atoms with van der Waals surface area (Å²) in [7, 11) is 0. The van der Waals surface area contributed by atoms with Gasteiger partial charge in [-0.1, -0.05) is 11.3 Å². The standard InChI is InChI=1S/C9H15N3O2S/c10-9-12-11-8(15-9)6-14-5-7-1-3-13-4-2-7/h7H,1-6H2,(H2,10,12). The van der Waals surface area contributed by atoms with Gasteiger partial charge in [0, 0.05) is 13.2 Å². The smallest absolute Gasteiger partial charge is 0.203 e. The van der Waals surface area contributed by atoms with Crippen LogP contribution in [0, 0.1) is 5.92 Å². The summed E-state index contributed by atoms with van der Waals surface area (Å²) in [5.41, 5.74) is 5.47.